The van der Waals surface area contributed by atoms with Gasteiger partial charge in [0.15, 0.2) is 0 Å². The van der Waals surface area contributed by atoms with Crippen LogP contribution in [-0.4, -0.2) is 35.5 Å². The van der Waals surface area contributed by atoms with Gasteiger partial charge in [-0.25, -0.2) is 0 Å². The highest BCUT2D eigenvalue weighted by atomic mass is 16.3. The number of rotatable bonds is 5. The molecule has 0 saturated heterocycles. The monoisotopic (exact) mass is 145 g/mol. The molecular weight excluding hydrogens is 130 g/mol. The van der Waals surface area contributed by atoms with Gasteiger partial charge in [0, 0.05) is 12.1 Å². The second kappa shape index (κ2) is 3.32. The SMILES string of the molecule is OCCCNC1(CO)CC1. The molecule has 3 nitrogen and oxygen atoms in total. The number of nitrogens with one attached hydrogen (secondary N) is 1. The fourth-order valence-electron chi connectivity index (χ4n) is 0.974. The highest BCUT2D eigenvalue weighted by Gasteiger charge is 2.40. The molecule has 0 aromatic carbocycles. The minimum Gasteiger partial charge on any atom is -0.396 e. The fourth-order valence-corrected chi connectivity index (χ4v) is 0.974. The topological polar surface area (TPSA) is 52.5 Å². The molecular formula is C7H15NO2. The Balaban J connectivity index is 2.01. The number of hydrogen-bond donors (Lipinski definition) is 3. The fraction of sp³-hybridized carbons (Fsp3) is 1.00. The van der Waals surface area contributed by atoms with Gasteiger partial charge in [-0.15, -0.1) is 0 Å². The summed E-state index contributed by atoms with van der Waals surface area (Å²) in [4.78, 5) is 0. The molecule has 0 bridgehead atoms. The van der Waals surface area contributed by atoms with Crippen molar-refractivity contribution in [3.05, 3.63) is 0 Å². The van der Waals surface area contributed by atoms with E-state index in [4.69, 9.17) is 10.2 Å². The molecule has 0 aliphatic heterocycles. The van der Waals surface area contributed by atoms with Crippen LogP contribution in [0.4, 0.5) is 0 Å². The summed E-state index contributed by atoms with van der Waals surface area (Å²) in [6.45, 7) is 1.28. The van der Waals surface area contributed by atoms with Crippen molar-refractivity contribution >= 4 is 0 Å². The summed E-state index contributed by atoms with van der Waals surface area (Å²) < 4.78 is 0. The van der Waals surface area contributed by atoms with Crippen molar-refractivity contribution in [2.75, 3.05) is 19.8 Å². The molecule has 0 aromatic heterocycles. The zero-order chi connectivity index (χ0) is 7.45. The molecule has 1 saturated carbocycles. The van der Waals surface area contributed by atoms with Crippen molar-refractivity contribution in [3.63, 3.8) is 0 Å². The van der Waals surface area contributed by atoms with Crippen molar-refractivity contribution in [1.82, 2.24) is 5.32 Å². The van der Waals surface area contributed by atoms with Gasteiger partial charge in [0.05, 0.1) is 6.61 Å². The first-order valence-corrected chi connectivity index (χ1v) is 3.80. The van der Waals surface area contributed by atoms with Gasteiger partial charge < -0.3 is 15.5 Å². The lowest BCUT2D eigenvalue weighted by Crippen LogP contribution is -2.35. The van der Waals surface area contributed by atoms with Crippen LogP contribution in [0.25, 0.3) is 0 Å². The molecule has 0 unspecified atom stereocenters. The van der Waals surface area contributed by atoms with Gasteiger partial charge in [0.25, 0.3) is 0 Å². The quantitative estimate of drug-likeness (QED) is 0.456. The van der Waals surface area contributed by atoms with E-state index in [1.165, 1.54) is 0 Å². The first-order chi connectivity index (χ1) is 4.83. The predicted octanol–water partition coefficient (Wildman–Crippen LogP) is -0.517. The van der Waals surface area contributed by atoms with E-state index in [0.29, 0.717) is 0 Å². The Morgan fingerprint density at radius 1 is 1.30 bits per heavy atom. The Labute approximate surface area is 61.1 Å². The number of hydrogen-bond acceptors (Lipinski definition) is 3. The second-order valence-electron chi connectivity index (χ2n) is 2.94. The Morgan fingerprint density at radius 2 is 2.00 bits per heavy atom. The van der Waals surface area contributed by atoms with Gasteiger partial charge >= 0.3 is 0 Å². The highest BCUT2D eigenvalue weighted by Crippen LogP contribution is 2.34. The van der Waals surface area contributed by atoms with Gasteiger partial charge in [-0.05, 0) is 25.8 Å². The Hall–Kier alpha value is -0.120. The van der Waals surface area contributed by atoms with Crippen LogP contribution in [-0.2, 0) is 0 Å². The molecule has 0 heterocycles. The Morgan fingerprint density at radius 3 is 2.40 bits per heavy atom. The Bertz CT molecular complexity index is 102. The normalized spacial score (nSPS) is 21.0. The summed E-state index contributed by atoms with van der Waals surface area (Å²) in [5.74, 6) is 0. The van der Waals surface area contributed by atoms with E-state index in [1.807, 2.05) is 0 Å². The first-order valence-electron chi connectivity index (χ1n) is 3.80. The highest BCUT2D eigenvalue weighted by molar-refractivity contribution is 5.01. The van der Waals surface area contributed by atoms with E-state index in [0.717, 1.165) is 25.8 Å². The van der Waals surface area contributed by atoms with Crippen LogP contribution in [0, 0.1) is 0 Å². The molecule has 60 valence electrons. The van der Waals surface area contributed by atoms with Gasteiger partial charge in [-0.2, -0.15) is 0 Å². The van der Waals surface area contributed by atoms with E-state index in [9.17, 15) is 0 Å². The van der Waals surface area contributed by atoms with Gasteiger partial charge in [-0.1, -0.05) is 0 Å². The van der Waals surface area contributed by atoms with Crippen molar-refractivity contribution < 1.29 is 10.2 Å². The third-order valence-electron chi connectivity index (χ3n) is 1.99. The average molecular weight is 145 g/mol. The maximum absolute atomic E-state index is 8.83. The van der Waals surface area contributed by atoms with Crippen LogP contribution in [0.15, 0.2) is 0 Å². The third-order valence-corrected chi connectivity index (χ3v) is 1.99. The molecule has 1 aliphatic carbocycles. The standard InChI is InChI=1S/C7H15NO2/c9-5-1-4-8-7(6-10)2-3-7/h8-10H,1-6H2. The lowest BCUT2D eigenvalue weighted by molar-refractivity contribution is 0.223. The summed E-state index contributed by atoms with van der Waals surface area (Å²) in [7, 11) is 0. The van der Waals surface area contributed by atoms with Crippen LogP contribution in [0.5, 0.6) is 0 Å². The smallest absolute Gasteiger partial charge is 0.0613 e. The van der Waals surface area contributed by atoms with Crippen molar-refractivity contribution in [2.24, 2.45) is 0 Å². The van der Waals surface area contributed by atoms with Crippen molar-refractivity contribution in [1.29, 1.82) is 0 Å². The van der Waals surface area contributed by atoms with Gasteiger partial charge in [0.1, 0.15) is 0 Å². The van der Waals surface area contributed by atoms with E-state index < -0.39 is 0 Å². The maximum atomic E-state index is 8.83. The molecule has 3 N–H and O–H groups in total. The average Bonchev–Trinajstić information content (AvgIpc) is 2.70. The van der Waals surface area contributed by atoms with E-state index in [-0.39, 0.29) is 18.8 Å². The molecule has 0 radical (unpaired) electrons. The Kier molecular flexibility index (Phi) is 2.65. The van der Waals surface area contributed by atoms with Crippen LogP contribution in [0.3, 0.4) is 0 Å². The zero-order valence-corrected chi connectivity index (χ0v) is 6.14. The second-order valence-corrected chi connectivity index (χ2v) is 2.94. The molecule has 3 heteroatoms. The summed E-state index contributed by atoms with van der Waals surface area (Å²) in [5.41, 5.74) is 0.0369. The predicted molar refractivity (Wildman–Crippen MR) is 38.8 cm³/mol. The summed E-state index contributed by atoms with van der Waals surface area (Å²) in [6.07, 6.45) is 2.94. The maximum Gasteiger partial charge on any atom is 0.0613 e. The summed E-state index contributed by atoms with van der Waals surface area (Å²) >= 11 is 0. The van der Waals surface area contributed by atoms with Crippen LogP contribution >= 0.6 is 0 Å². The van der Waals surface area contributed by atoms with Crippen LogP contribution in [0.1, 0.15) is 19.3 Å². The summed E-state index contributed by atoms with van der Waals surface area (Å²) in [5, 5.41) is 20.5. The zero-order valence-electron chi connectivity index (χ0n) is 6.14. The largest absolute Gasteiger partial charge is 0.396 e. The number of aliphatic hydroxyl groups is 2. The molecule has 1 aliphatic rings. The first kappa shape index (κ1) is 7.98. The molecule has 1 fully saturated rings. The minimum absolute atomic E-state index is 0.0369. The minimum atomic E-state index is 0.0369. The van der Waals surface area contributed by atoms with Gasteiger partial charge in [0.2, 0.25) is 0 Å². The summed E-state index contributed by atoms with van der Waals surface area (Å²) in [6, 6.07) is 0. The van der Waals surface area contributed by atoms with E-state index in [2.05, 4.69) is 5.32 Å². The van der Waals surface area contributed by atoms with Crippen LogP contribution < -0.4 is 5.32 Å². The van der Waals surface area contributed by atoms with Crippen molar-refractivity contribution in [2.45, 2.75) is 24.8 Å². The van der Waals surface area contributed by atoms with Crippen molar-refractivity contribution in [3.8, 4) is 0 Å². The van der Waals surface area contributed by atoms with Crippen LogP contribution in [0.2, 0.25) is 0 Å². The number of aliphatic hydroxyl groups excluding tert-OH is 2. The third kappa shape index (κ3) is 1.94. The van der Waals surface area contributed by atoms with Gasteiger partial charge in [-0.3, -0.25) is 0 Å². The molecule has 10 heavy (non-hydrogen) atoms. The lowest BCUT2D eigenvalue weighted by Gasteiger charge is -2.12. The molecule has 0 atom stereocenters. The molecule has 0 aromatic rings. The molecule has 0 spiro atoms. The molecule has 1 rings (SSSR count). The van der Waals surface area contributed by atoms with E-state index in [1.54, 1.807) is 0 Å². The van der Waals surface area contributed by atoms with E-state index >= 15 is 0 Å². The molecule has 0 amide bonds. The lowest BCUT2D eigenvalue weighted by atomic mass is 10.3.